The molecule has 2 N–H and O–H groups in total. The molecule has 0 heterocycles. The largest absolute Gasteiger partial charge is 0.507 e. The number of benzene rings is 3. The summed E-state index contributed by atoms with van der Waals surface area (Å²) in [6, 6.07) is 18.4. The highest BCUT2D eigenvalue weighted by atomic mass is 16.3. The summed E-state index contributed by atoms with van der Waals surface area (Å²) in [6.45, 7) is 0. The van der Waals surface area contributed by atoms with Gasteiger partial charge in [0, 0.05) is 16.3 Å². The molecular weight excluding hydrogens is 224 g/mol. The molecule has 0 aliphatic rings. The molecule has 0 unspecified atom stereocenters. The number of rotatable bonds is 1. The first-order valence-electron chi connectivity index (χ1n) is 5.76. The quantitative estimate of drug-likeness (QED) is 0.629. The summed E-state index contributed by atoms with van der Waals surface area (Å²) in [5.41, 5.74) is 1.53. The molecule has 0 bridgehead atoms. The number of hydrogen-bond acceptors (Lipinski definition) is 2. The fourth-order valence-corrected chi connectivity index (χ4v) is 2.18. The van der Waals surface area contributed by atoms with Gasteiger partial charge in [0.25, 0.3) is 0 Å². The molecule has 2 heteroatoms. The van der Waals surface area contributed by atoms with Gasteiger partial charge in [0.05, 0.1) is 0 Å². The van der Waals surface area contributed by atoms with Crippen molar-refractivity contribution >= 4 is 10.8 Å². The smallest absolute Gasteiger partial charge is 0.131 e. The highest BCUT2D eigenvalue weighted by Crippen LogP contribution is 2.40. The second-order valence-corrected chi connectivity index (χ2v) is 4.20. The van der Waals surface area contributed by atoms with E-state index in [1.165, 1.54) is 0 Å². The summed E-state index contributed by atoms with van der Waals surface area (Å²) in [4.78, 5) is 0. The lowest BCUT2D eigenvalue weighted by Gasteiger charge is -2.10. The van der Waals surface area contributed by atoms with E-state index in [1.54, 1.807) is 18.2 Å². The molecule has 0 aliphatic heterocycles. The van der Waals surface area contributed by atoms with Gasteiger partial charge in [-0.1, -0.05) is 54.6 Å². The van der Waals surface area contributed by atoms with Gasteiger partial charge in [-0.3, -0.25) is 0 Å². The zero-order chi connectivity index (χ0) is 12.5. The van der Waals surface area contributed by atoms with Crippen LogP contribution in [0.15, 0.2) is 60.7 Å². The lowest BCUT2D eigenvalue weighted by molar-refractivity contribution is 0.471. The zero-order valence-corrected chi connectivity index (χ0v) is 9.67. The van der Waals surface area contributed by atoms with Gasteiger partial charge < -0.3 is 10.2 Å². The van der Waals surface area contributed by atoms with E-state index < -0.39 is 0 Å². The number of hydrogen-bond donors (Lipinski definition) is 2. The van der Waals surface area contributed by atoms with E-state index in [-0.39, 0.29) is 11.5 Å². The molecule has 0 aliphatic carbocycles. The van der Waals surface area contributed by atoms with Crippen molar-refractivity contribution in [1.82, 2.24) is 0 Å². The Kier molecular flexibility index (Phi) is 2.41. The standard InChI is InChI=1S/C16H12O2/c17-15-10-14(11-6-2-1-3-7-11)16(18)13-9-5-4-8-12(13)15/h1-10,17-18H. The number of fused-ring (bicyclic) bond motifs is 1. The Bertz CT molecular complexity index is 703. The van der Waals surface area contributed by atoms with Crippen LogP contribution in [0.1, 0.15) is 0 Å². The summed E-state index contributed by atoms with van der Waals surface area (Å²) in [5, 5.41) is 21.7. The van der Waals surface area contributed by atoms with Crippen LogP contribution in [0.25, 0.3) is 21.9 Å². The molecule has 3 rings (SSSR count). The van der Waals surface area contributed by atoms with Crippen LogP contribution in [-0.2, 0) is 0 Å². The Labute approximate surface area is 105 Å². The molecule has 0 spiro atoms. The third-order valence-corrected chi connectivity index (χ3v) is 3.08. The molecule has 0 saturated heterocycles. The van der Waals surface area contributed by atoms with Crippen LogP contribution in [0.4, 0.5) is 0 Å². The molecule has 0 aromatic heterocycles. The highest BCUT2D eigenvalue weighted by molar-refractivity contribution is 5.98. The van der Waals surface area contributed by atoms with Crippen molar-refractivity contribution in [3.63, 3.8) is 0 Å². The Morgan fingerprint density at radius 1 is 0.667 bits per heavy atom. The molecular formula is C16H12O2. The van der Waals surface area contributed by atoms with E-state index >= 15 is 0 Å². The van der Waals surface area contributed by atoms with Crippen LogP contribution in [0, 0.1) is 0 Å². The number of phenolic OH excluding ortho intramolecular Hbond substituents is 2. The van der Waals surface area contributed by atoms with Gasteiger partial charge >= 0.3 is 0 Å². The van der Waals surface area contributed by atoms with Gasteiger partial charge in [-0.25, -0.2) is 0 Å². The van der Waals surface area contributed by atoms with Crippen LogP contribution in [0.2, 0.25) is 0 Å². The Balaban J connectivity index is 2.35. The normalized spacial score (nSPS) is 10.7. The van der Waals surface area contributed by atoms with E-state index in [1.807, 2.05) is 42.5 Å². The van der Waals surface area contributed by atoms with Crippen molar-refractivity contribution < 1.29 is 10.2 Å². The molecule has 0 fully saturated rings. The van der Waals surface area contributed by atoms with Crippen LogP contribution in [-0.4, -0.2) is 10.2 Å². The van der Waals surface area contributed by atoms with Crippen LogP contribution >= 0.6 is 0 Å². The maximum atomic E-state index is 10.3. The minimum Gasteiger partial charge on any atom is -0.507 e. The van der Waals surface area contributed by atoms with Crippen LogP contribution in [0.5, 0.6) is 11.5 Å². The summed E-state index contributed by atoms with van der Waals surface area (Å²) in [7, 11) is 0. The third-order valence-electron chi connectivity index (χ3n) is 3.08. The molecule has 3 aromatic rings. The van der Waals surface area contributed by atoms with E-state index in [9.17, 15) is 10.2 Å². The Morgan fingerprint density at radius 2 is 1.28 bits per heavy atom. The lowest BCUT2D eigenvalue weighted by Crippen LogP contribution is -1.82. The molecule has 0 atom stereocenters. The van der Waals surface area contributed by atoms with Gasteiger partial charge in [0.1, 0.15) is 11.5 Å². The predicted molar refractivity (Wildman–Crippen MR) is 72.7 cm³/mol. The van der Waals surface area contributed by atoms with Crippen molar-refractivity contribution in [3.05, 3.63) is 60.7 Å². The van der Waals surface area contributed by atoms with Crippen molar-refractivity contribution in [2.75, 3.05) is 0 Å². The minimum absolute atomic E-state index is 0.183. The van der Waals surface area contributed by atoms with Crippen LogP contribution < -0.4 is 0 Å². The first-order valence-corrected chi connectivity index (χ1v) is 5.76. The van der Waals surface area contributed by atoms with Gasteiger partial charge in [0.2, 0.25) is 0 Å². The van der Waals surface area contributed by atoms with Crippen molar-refractivity contribution in [3.8, 4) is 22.6 Å². The predicted octanol–water partition coefficient (Wildman–Crippen LogP) is 3.92. The Morgan fingerprint density at radius 3 is 2.00 bits per heavy atom. The number of aromatic hydroxyl groups is 2. The third kappa shape index (κ3) is 1.59. The fourth-order valence-electron chi connectivity index (χ4n) is 2.18. The first-order chi connectivity index (χ1) is 8.77. The second-order valence-electron chi connectivity index (χ2n) is 4.20. The molecule has 0 saturated carbocycles. The minimum atomic E-state index is 0.183. The van der Waals surface area contributed by atoms with E-state index in [4.69, 9.17) is 0 Å². The van der Waals surface area contributed by atoms with Gasteiger partial charge in [-0.05, 0) is 11.6 Å². The monoisotopic (exact) mass is 236 g/mol. The topological polar surface area (TPSA) is 40.5 Å². The Hall–Kier alpha value is -2.48. The van der Waals surface area contributed by atoms with Crippen molar-refractivity contribution in [1.29, 1.82) is 0 Å². The average Bonchev–Trinajstić information content (AvgIpc) is 2.44. The first kappa shape index (κ1) is 10.7. The molecule has 18 heavy (non-hydrogen) atoms. The molecule has 0 radical (unpaired) electrons. The average molecular weight is 236 g/mol. The van der Waals surface area contributed by atoms with Crippen molar-refractivity contribution in [2.24, 2.45) is 0 Å². The van der Waals surface area contributed by atoms with Gasteiger partial charge in [-0.15, -0.1) is 0 Å². The second kappa shape index (κ2) is 4.08. The van der Waals surface area contributed by atoms with E-state index in [0.717, 1.165) is 5.56 Å². The zero-order valence-electron chi connectivity index (χ0n) is 9.67. The summed E-state index contributed by atoms with van der Waals surface area (Å²) >= 11 is 0. The molecule has 3 aromatic carbocycles. The van der Waals surface area contributed by atoms with Crippen molar-refractivity contribution in [2.45, 2.75) is 0 Å². The molecule has 0 amide bonds. The summed E-state index contributed by atoms with van der Waals surface area (Å²) in [6.07, 6.45) is 0. The maximum Gasteiger partial charge on any atom is 0.131 e. The fraction of sp³-hybridized carbons (Fsp3) is 0. The van der Waals surface area contributed by atoms with Gasteiger partial charge in [-0.2, -0.15) is 0 Å². The maximum absolute atomic E-state index is 10.3. The highest BCUT2D eigenvalue weighted by Gasteiger charge is 2.11. The van der Waals surface area contributed by atoms with Gasteiger partial charge in [0.15, 0.2) is 0 Å². The lowest BCUT2D eigenvalue weighted by atomic mass is 9.99. The molecule has 88 valence electrons. The number of phenols is 2. The SMILES string of the molecule is Oc1cc(-c2ccccc2)c(O)c2ccccc12. The summed E-state index contributed by atoms with van der Waals surface area (Å²) < 4.78 is 0. The molecule has 2 nitrogen and oxygen atoms in total. The van der Waals surface area contributed by atoms with E-state index in [0.29, 0.717) is 16.3 Å². The van der Waals surface area contributed by atoms with Crippen LogP contribution in [0.3, 0.4) is 0 Å². The summed E-state index contributed by atoms with van der Waals surface area (Å²) in [5.74, 6) is 0.386. The van der Waals surface area contributed by atoms with E-state index in [2.05, 4.69) is 0 Å².